The van der Waals surface area contributed by atoms with Gasteiger partial charge in [0.1, 0.15) is 17.7 Å². The summed E-state index contributed by atoms with van der Waals surface area (Å²) in [5.74, 6) is 0.749. The van der Waals surface area contributed by atoms with E-state index in [1.165, 1.54) is 5.69 Å². The summed E-state index contributed by atoms with van der Waals surface area (Å²) in [6, 6.07) is 22.6. The second-order valence-corrected chi connectivity index (χ2v) is 10.3. The largest absolute Gasteiger partial charge is 0.444 e. The van der Waals surface area contributed by atoms with Gasteiger partial charge in [0.05, 0.1) is 18.7 Å². The van der Waals surface area contributed by atoms with E-state index in [1.54, 1.807) is 6.33 Å². The van der Waals surface area contributed by atoms with E-state index in [9.17, 15) is 4.79 Å². The Bertz CT molecular complexity index is 1410. The van der Waals surface area contributed by atoms with Crippen molar-refractivity contribution < 1.29 is 14.3 Å². The van der Waals surface area contributed by atoms with Crippen molar-refractivity contribution in [3.05, 3.63) is 78.6 Å². The van der Waals surface area contributed by atoms with Crippen LogP contribution >= 0.6 is 0 Å². The Morgan fingerprint density at radius 3 is 2.50 bits per heavy atom. The summed E-state index contributed by atoms with van der Waals surface area (Å²) in [5, 5.41) is 7.22. The van der Waals surface area contributed by atoms with E-state index in [1.807, 2.05) is 39.0 Å². The molecule has 0 unspecified atom stereocenters. The van der Waals surface area contributed by atoms with Gasteiger partial charge in [-0.25, -0.2) is 14.8 Å². The molecule has 1 aromatic heterocycles. The number of fused-ring (bicyclic) bond motifs is 1. The number of morpholine rings is 1. The van der Waals surface area contributed by atoms with Gasteiger partial charge in [-0.1, -0.05) is 24.3 Å². The van der Waals surface area contributed by atoms with Crippen molar-refractivity contribution in [3.63, 3.8) is 0 Å². The van der Waals surface area contributed by atoms with Crippen LogP contribution in [0.5, 0.6) is 0 Å². The number of hydrogen-bond donors (Lipinski definition) is 2. The smallest absolute Gasteiger partial charge is 0.407 e. The van der Waals surface area contributed by atoms with Gasteiger partial charge in [0.25, 0.3) is 0 Å². The predicted molar refractivity (Wildman–Crippen MR) is 151 cm³/mol. The van der Waals surface area contributed by atoms with E-state index in [4.69, 9.17) is 9.47 Å². The van der Waals surface area contributed by atoms with Crippen LogP contribution in [0.2, 0.25) is 0 Å². The first-order valence-corrected chi connectivity index (χ1v) is 12.8. The van der Waals surface area contributed by atoms with Gasteiger partial charge in [0, 0.05) is 36.4 Å². The zero-order chi connectivity index (χ0) is 26.5. The second kappa shape index (κ2) is 11.1. The lowest BCUT2D eigenvalue weighted by molar-refractivity contribution is 0.0523. The molecule has 2 heterocycles. The number of anilines is 3. The highest BCUT2D eigenvalue weighted by atomic mass is 16.6. The maximum Gasteiger partial charge on any atom is 0.407 e. The molecule has 0 spiro atoms. The van der Waals surface area contributed by atoms with Crippen LogP contribution in [0.25, 0.3) is 22.0 Å². The summed E-state index contributed by atoms with van der Waals surface area (Å²) in [6.45, 7) is 9.26. The van der Waals surface area contributed by atoms with Gasteiger partial charge in [-0.05, 0) is 79.9 Å². The topological polar surface area (TPSA) is 88.6 Å². The maximum absolute atomic E-state index is 12.1. The van der Waals surface area contributed by atoms with Gasteiger partial charge in [-0.3, -0.25) is 0 Å². The first kappa shape index (κ1) is 25.5. The number of nitrogens with zero attached hydrogens (tertiary/aromatic N) is 3. The molecule has 0 bridgehead atoms. The van der Waals surface area contributed by atoms with E-state index in [0.29, 0.717) is 6.54 Å². The third-order valence-electron chi connectivity index (χ3n) is 6.24. The molecule has 196 valence electrons. The molecular formula is C30H33N5O3. The summed E-state index contributed by atoms with van der Waals surface area (Å²) in [5.41, 5.74) is 5.54. The minimum absolute atomic E-state index is 0.382. The lowest BCUT2D eigenvalue weighted by atomic mass is 10.0. The van der Waals surface area contributed by atoms with E-state index in [2.05, 4.69) is 74.0 Å². The average Bonchev–Trinajstić information content (AvgIpc) is 2.92. The van der Waals surface area contributed by atoms with Gasteiger partial charge in [0.2, 0.25) is 0 Å². The molecule has 1 amide bonds. The Kier molecular flexibility index (Phi) is 7.42. The van der Waals surface area contributed by atoms with Crippen LogP contribution in [0.4, 0.5) is 22.0 Å². The molecule has 1 fully saturated rings. The van der Waals surface area contributed by atoms with Crippen molar-refractivity contribution in [2.45, 2.75) is 32.9 Å². The molecule has 38 heavy (non-hydrogen) atoms. The van der Waals surface area contributed by atoms with Gasteiger partial charge in [-0.15, -0.1) is 0 Å². The van der Waals surface area contributed by atoms with Gasteiger partial charge < -0.3 is 25.0 Å². The zero-order valence-electron chi connectivity index (χ0n) is 22.0. The summed E-state index contributed by atoms with van der Waals surface area (Å²) in [6.07, 6.45) is 1.15. The molecule has 3 aromatic carbocycles. The molecule has 0 saturated carbocycles. The van der Waals surface area contributed by atoms with Gasteiger partial charge >= 0.3 is 6.09 Å². The van der Waals surface area contributed by atoms with Gasteiger partial charge in [-0.2, -0.15) is 0 Å². The number of amides is 1. The summed E-state index contributed by atoms with van der Waals surface area (Å²) in [7, 11) is 0. The Hall–Kier alpha value is -4.17. The molecule has 0 atom stereocenters. The molecule has 8 nitrogen and oxygen atoms in total. The van der Waals surface area contributed by atoms with Crippen molar-refractivity contribution in [2.75, 3.05) is 36.5 Å². The molecule has 1 saturated heterocycles. The number of carbonyl (C=O) groups is 1. The number of hydrogen-bond acceptors (Lipinski definition) is 7. The molecule has 0 radical (unpaired) electrons. The maximum atomic E-state index is 12.1. The number of carbonyl (C=O) groups excluding carboxylic acids is 1. The third-order valence-corrected chi connectivity index (χ3v) is 6.24. The SMILES string of the molecule is CC(C)(C)OC(=O)NCc1cccc(-c2ccc3ncnc(Nc4ccc(N5CCOCC5)cc4)c3c2)c1. The van der Waals surface area contributed by atoms with Crippen LogP contribution in [0.1, 0.15) is 26.3 Å². The lowest BCUT2D eigenvalue weighted by Crippen LogP contribution is -2.36. The standard InChI is InChI=1S/C30H33N5O3/c1-30(2,3)38-29(36)31-19-21-5-4-6-22(17-21)23-7-12-27-26(18-23)28(33-20-32-27)34-24-8-10-25(11-9-24)35-13-15-37-16-14-35/h4-12,17-18,20H,13-16,19H2,1-3H3,(H,31,36)(H,32,33,34). The highest BCUT2D eigenvalue weighted by Gasteiger charge is 2.16. The van der Waals surface area contributed by atoms with E-state index >= 15 is 0 Å². The molecule has 4 aromatic rings. The first-order valence-electron chi connectivity index (χ1n) is 12.8. The lowest BCUT2D eigenvalue weighted by Gasteiger charge is -2.28. The fourth-order valence-electron chi connectivity index (χ4n) is 4.40. The van der Waals surface area contributed by atoms with Crippen molar-refractivity contribution in [2.24, 2.45) is 0 Å². The molecule has 5 rings (SSSR count). The van der Waals surface area contributed by atoms with Crippen LogP contribution in [0.3, 0.4) is 0 Å². The number of benzene rings is 3. The first-order chi connectivity index (χ1) is 18.3. The normalized spacial score (nSPS) is 13.8. The highest BCUT2D eigenvalue weighted by Crippen LogP contribution is 2.30. The second-order valence-electron chi connectivity index (χ2n) is 10.3. The quantitative estimate of drug-likeness (QED) is 0.333. The van der Waals surface area contributed by atoms with Crippen molar-refractivity contribution in [1.29, 1.82) is 0 Å². The number of alkyl carbamates (subject to hydrolysis) is 1. The zero-order valence-corrected chi connectivity index (χ0v) is 22.0. The van der Waals surface area contributed by atoms with Crippen LogP contribution in [-0.2, 0) is 16.0 Å². The average molecular weight is 512 g/mol. The fourth-order valence-corrected chi connectivity index (χ4v) is 4.40. The molecule has 8 heteroatoms. The van der Waals surface area contributed by atoms with Crippen molar-refractivity contribution >= 4 is 34.2 Å². The van der Waals surface area contributed by atoms with Crippen molar-refractivity contribution in [3.8, 4) is 11.1 Å². The Morgan fingerprint density at radius 2 is 1.74 bits per heavy atom. The number of aromatic nitrogens is 2. The molecule has 1 aliphatic heterocycles. The molecular weight excluding hydrogens is 478 g/mol. The van der Waals surface area contributed by atoms with Crippen LogP contribution in [-0.4, -0.2) is 48.0 Å². The Balaban J connectivity index is 1.34. The van der Waals surface area contributed by atoms with Crippen LogP contribution in [0.15, 0.2) is 73.1 Å². The number of ether oxygens (including phenoxy) is 2. The minimum atomic E-state index is -0.532. The Labute approximate surface area is 223 Å². The van der Waals surface area contributed by atoms with E-state index < -0.39 is 11.7 Å². The van der Waals surface area contributed by atoms with Crippen molar-refractivity contribution in [1.82, 2.24) is 15.3 Å². The third kappa shape index (κ3) is 6.39. The summed E-state index contributed by atoms with van der Waals surface area (Å²) < 4.78 is 10.8. The highest BCUT2D eigenvalue weighted by molar-refractivity contribution is 5.94. The van der Waals surface area contributed by atoms with Crippen LogP contribution < -0.4 is 15.5 Å². The number of nitrogens with one attached hydrogen (secondary N) is 2. The Morgan fingerprint density at radius 1 is 0.974 bits per heavy atom. The number of rotatable bonds is 6. The fraction of sp³-hybridized carbons (Fsp3) is 0.300. The van der Waals surface area contributed by atoms with Gasteiger partial charge in [0.15, 0.2) is 0 Å². The van der Waals surface area contributed by atoms with Crippen LogP contribution in [0, 0.1) is 0 Å². The summed E-state index contributed by atoms with van der Waals surface area (Å²) in [4.78, 5) is 23.4. The predicted octanol–water partition coefficient (Wildman–Crippen LogP) is 5.90. The minimum Gasteiger partial charge on any atom is -0.444 e. The van der Waals surface area contributed by atoms with E-state index in [-0.39, 0.29) is 0 Å². The summed E-state index contributed by atoms with van der Waals surface area (Å²) >= 11 is 0. The van der Waals surface area contributed by atoms with E-state index in [0.717, 1.165) is 65.4 Å². The molecule has 0 aliphatic carbocycles. The molecule has 2 N–H and O–H groups in total. The molecule has 1 aliphatic rings. The monoisotopic (exact) mass is 511 g/mol.